The summed E-state index contributed by atoms with van der Waals surface area (Å²) in [6, 6.07) is 1.86. The van der Waals surface area contributed by atoms with Crippen LogP contribution < -0.4 is 0 Å². The first kappa shape index (κ1) is 14.9. The molecule has 0 aliphatic carbocycles. The van der Waals surface area contributed by atoms with E-state index in [9.17, 15) is 9.90 Å². The fourth-order valence-corrected chi connectivity index (χ4v) is 2.79. The maximum absolute atomic E-state index is 12.7. The lowest BCUT2D eigenvalue weighted by molar-refractivity contribution is 0.0555. The Labute approximate surface area is 129 Å². The fourth-order valence-electron chi connectivity index (χ4n) is 2.79. The quantitative estimate of drug-likeness (QED) is 0.875. The molecule has 1 fully saturated rings. The van der Waals surface area contributed by atoms with E-state index in [-0.39, 0.29) is 12.0 Å². The van der Waals surface area contributed by atoms with Gasteiger partial charge in [-0.1, -0.05) is 0 Å². The topological polar surface area (TPSA) is 74.0 Å². The second-order valence-corrected chi connectivity index (χ2v) is 5.84. The molecular formula is C15H21N5O2. The molecule has 1 N–H and O–H groups in total. The Balaban J connectivity index is 1.73. The number of aromatic nitrogens is 3. The molecule has 1 amide bonds. The second-order valence-electron chi connectivity index (χ2n) is 5.84. The number of β-amino-alcohol motifs (C(OH)–C–C–N with tert-alkyl or cyclic N) is 1. The smallest absolute Gasteiger partial charge is 0.259 e. The Hall–Kier alpha value is -1.99. The van der Waals surface area contributed by atoms with Gasteiger partial charge in [-0.05, 0) is 19.9 Å². The van der Waals surface area contributed by atoms with Crippen LogP contribution in [0.5, 0.6) is 0 Å². The van der Waals surface area contributed by atoms with Crippen LogP contribution in [-0.4, -0.2) is 74.2 Å². The number of fused-ring (bicyclic) bond motifs is 1. The lowest BCUT2D eigenvalue weighted by Gasteiger charge is -2.35. The first-order valence-electron chi connectivity index (χ1n) is 7.55. The normalized spacial score (nSPS) is 17.9. The summed E-state index contributed by atoms with van der Waals surface area (Å²) in [7, 11) is 0. The Kier molecular flexibility index (Phi) is 4.08. The standard InChI is InChI=1S/C15H21N5O2/c1-11-3-4-20-14(17-11)13(9-16-20)15(22)19-7-5-18(6-8-19)10-12(2)21/h3-4,9,12,21H,5-8,10H2,1-2H3/t12-/m1/s1. The summed E-state index contributed by atoms with van der Waals surface area (Å²) in [5, 5.41) is 13.6. The second kappa shape index (κ2) is 6.02. The maximum atomic E-state index is 12.7. The van der Waals surface area contributed by atoms with Crippen LogP contribution in [0.2, 0.25) is 0 Å². The molecule has 7 nitrogen and oxygen atoms in total. The number of piperazine rings is 1. The van der Waals surface area contributed by atoms with Gasteiger partial charge in [0.25, 0.3) is 5.91 Å². The largest absolute Gasteiger partial charge is 0.392 e. The predicted octanol–water partition coefficient (Wildman–Crippen LogP) is 0.176. The molecule has 0 spiro atoms. The van der Waals surface area contributed by atoms with Gasteiger partial charge in [0.05, 0.1) is 12.3 Å². The molecule has 0 unspecified atom stereocenters. The van der Waals surface area contributed by atoms with Crippen molar-refractivity contribution in [1.29, 1.82) is 0 Å². The SMILES string of the molecule is Cc1ccn2ncc(C(=O)N3CCN(C[C@@H](C)O)CC3)c2n1. The summed E-state index contributed by atoms with van der Waals surface area (Å²) in [4.78, 5) is 21.1. The van der Waals surface area contributed by atoms with Crippen molar-refractivity contribution in [2.75, 3.05) is 32.7 Å². The van der Waals surface area contributed by atoms with Crippen LogP contribution >= 0.6 is 0 Å². The number of hydrogen-bond donors (Lipinski definition) is 1. The van der Waals surface area contributed by atoms with Gasteiger partial charge >= 0.3 is 0 Å². The highest BCUT2D eigenvalue weighted by molar-refractivity contribution is 5.99. The van der Waals surface area contributed by atoms with E-state index in [1.807, 2.05) is 24.1 Å². The van der Waals surface area contributed by atoms with Crippen molar-refractivity contribution in [3.8, 4) is 0 Å². The zero-order valence-corrected chi connectivity index (χ0v) is 12.9. The van der Waals surface area contributed by atoms with Crippen LogP contribution in [0.3, 0.4) is 0 Å². The molecule has 1 atom stereocenters. The van der Waals surface area contributed by atoms with Crippen molar-refractivity contribution in [2.45, 2.75) is 20.0 Å². The Morgan fingerprint density at radius 3 is 2.77 bits per heavy atom. The predicted molar refractivity (Wildman–Crippen MR) is 81.7 cm³/mol. The van der Waals surface area contributed by atoms with Crippen molar-refractivity contribution in [2.24, 2.45) is 0 Å². The van der Waals surface area contributed by atoms with Crippen LogP contribution in [-0.2, 0) is 0 Å². The molecule has 1 aliphatic heterocycles. The molecule has 7 heteroatoms. The number of aryl methyl sites for hydroxylation is 1. The number of carbonyl (C=O) groups is 1. The highest BCUT2D eigenvalue weighted by Crippen LogP contribution is 2.13. The molecule has 1 aliphatic rings. The van der Waals surface area contributed by atoms with E-state index in [1.165, 1.54) is 0 Å². The number of amides is 1. The number of nitrogens with zero attached hydrogens (tertiary/aromatic N) is 5. The van der Waals surface area contributed by atoms with Gasteiger partial charge in [0.2, 0.25) is 0 Å². The third-order valence-electron chi connectivity index (χ3n) is 3.92. The summed E-state index contributed by atoms with van der Waals surface area (Å²) in [6.45, 7) is 7.22. The lowest BCUT2D eigenvalue weighted by atomic mass is 10.2. The van der Waals surface area contributed by atoms with Gasteiger partial charge in [0.1, 0.15) is 5.56 Å². The van der Waals surface area contributed by atoms with E-state index in [0.29, 0.717) is 30.8 Å². The minimum absolute atomic E-state index is 0.0233. The average molecular weight is 303 g/mol. The van der Waals surface area contributed by atoms with Crippen LogP contribution in [0.4, 0.5) is 0 Å². The lowest BCUT2D eigenvalue weighted by Crippen LogP contribution is -2.50. The number of hydrogen-bond acceptors (Lipinski definition) is 5. The van der Waals surface area contributed by atoms with Crippen LogP contribution in [0, 0.1) is 6.92 Å². The molecule has 2 aromatic heterocycles. The van der Waals surface area contributed by atoms with Gasteiger partial charge in [-0.3, -0.25) is 9.69 Å². The van der Waals surface area contributed by atoms with E-state index in [1.54, 1.807) is 17.6 Å². The van der Waals surface area contributed by atoms with Crippen molar-refractivity contribution in [3.05, 3.63) is 29.7 Å². The van der Waals surface area contributed by atoms with E-state index in [4.69, 9.17) is 0 Å². The fraction of sp³-hybridized carbons (Fsp3) is 0.533. The van der Waals surface area contributed by atoms with Crippen LogP contribution in [0.15, 0.2) is 18.5 Å². The minimum Gasteiger partial charge on any atom is -0.392 e. The highest BCUT2D eigenvalue weighted by atomic mass is 16.3. The van der Waals surface area contributed by atoms with Crippen LogP contribution in [0.25, 0.3) is 5.65 Å². The average Bonchev–Trinajstić information content (AvgIpc) is 2.89. The Morgan fingerprint density at radius 2 is 2.09 bits per heavy atom. The summed E-state index contributed by atoms with van der Waals surface area (Å²) in [5.41, 5.74) is 2.02. The number of aliphatic hydroxyl groups excluding tert-OH is 1. The molecule has 0 bridgehead atoms. The Bertz CT molecular complexity index is 674. The van der Waals surface area contributed by atoms with Crippen LogP contribution in [0.1, 0.15) is 23.0 Å². The Morgan fingerprint density at radius 1 is 1.36 bits per heavy atom. The van der Waals surface area contributed by atoms with Gasteiger partial charge in [-0.2, -0.15) is 5.10 Å². The van der Waals surface area contributed by atoms with Crippen molar-refractivity contribution >= 4 is 11.6 Å². The zero-order chi connectivity index (χ0) is 15.7. The molecule has 0 radical (unpaired) electrons. The molecule has 22 heavy (non-hydrogen) atoms. The summed E-state index contributed by atoms with van der Waals surface area (Å²) in [6.07, 6.45) is 3.07. The third-order valence-corrected chi connectivity index (χ3v) is 3.92. The van der Waals surface area contributed by atoms with Gasteiger partial charge in [0.15, 0.2) is 5.65 Å². The maximum Gasteiger partial charge on any atom is 0.259 e. The van der Waals surface area contributed by atoms with Gasteiger partial charge in [-0.25, -0.2) is 9.50 Å². The molecule has 2 aromatic rings. The highest BCUT2D eigenvalue weighted by Gasteiger charge is 2.25. The number of aliphatic hydroxyl groups is 1. The van der Waals surface area contributed by atoms with Crippen molar-refractivity contribution in [1.82, 2.24) is 24.4 Å². The molecule has 0 saturated carbocycles. The molecular weight excluding hydrogens is 282 g/mol. The van der Waals surface area contributed by atoms with E-state index in [0.717, 1.165) is 18.8 Å². The molecule has 1 saturated heterocycles. The van der Waals surface area contributed by atoms with Gasteiger partial charge < -0.3 is 10.0 Å². The molecule has 3 rings (SSSR count). The summed E-state index contributed by atoms with van der Waals surface area (Å²) >= 11 is 0. The zero-order valence-electron chi connectivity index (χ0n) is 12.9. The van der Waals surface area contributed by atoms with Crippen molar-refractivity contribution in [3.63, 3.8) is 0 Å². The van der Waals surface area contributed by atoms with E-state index in [2.05, 4.69) is 15.0 Å². The molecule has 118 valence electrons. The number of rotatable bonds is 3. The van der Waals surface area contributed by atoms with E-state index < -0.39 is 0 Å². The molecule has 0 aromatic carbocycles. The van der Waals surface area contributed by atoms with E-state index >= 15 is 0 Å². The minimum atomic E-state index is -0.339. The number of carbonyl (C=O) groups excluding carboxylic acids is 1. The molecule has 3 heterocycles. The van der Waals surface area contributed by atoms with Gasteiger partial charge in [0, 0.05) is 44.6 Å². The first-order chi connectivity index (χ1) is 10.5. The monoisotopic (exact) mass is 303 g/mol. The first-order valence-corrected chi connectivity index (χ1v) is 7.55. The van der Waals surface area contributed by atoms with Gasteiger partial charge in [-0.15, -0.1) is 0 Å². The summed E-state index contributed by atoms with van der Waals surface area (Å²) in [5.74, 6) is -0.0233. The third kappa shape index (κ3) is 2.95. The van der Waals surface area contributed by atoms with Crippen molar-refractivity contribution < 1.29 is 9.90 Å². The summed E-state index contributed by atoms with van der Waals surface area (Å²) < 4.78 is 1.63.